The number of pyridine rings is 2. The van der Waals surface area contributed by atoms with E-state index in [-0.39, 0.29) is 6.17 Å². The molecule has 0 fully saturated rings. The van der Waals surface area contributed by atoms with E-state index >= 15 is 0 Å². The van der Waals surface area contributed by atoms with Crippen LogP contribution in [-0.4, -0.2) is 21.6 Å². The molecule has 6 aromatic carbocycles. The molecule has 5 heteroatoms. The molecule has 8 aromatic rings. The smallest absolute Gasteiger partial charge is 0.159 e. The van der Waals surface area contributed by atoms with Gasteiger partial charge >= 0.3 is 0 Å². The summed E-state index contributed by atoms with van der Waals surface area (Å²) in [4.78, 5) is 19.6. The van der Waals surface area contributed by atoms with Gasteiger partial charge in [-0.05, 0) is 74.8 Å². The van der Waals surface area contributed by atoms with Crippen molar-refractivity contribution in [1.82, 2.24) is 15.3 Å². The first-order valence-corrected chi connectivity index (χ1v) is 17.4. The lowest BCUT2D eigenvalue weighted by atomic mass is 9.93. The molecule has 1 N–H and O–H groups in total. The molecule has 52 heavy (non-hydrogen) atoms. The van der Waals surface area contributed by atoms with E-state index in [1.54, 1.807) is 6.20 Å². The number of rotatable bonds is 7. The first-order chi connectivity index (χ1) is 25.7. The molecular weight excluding hydrogens is 635 g/mol. The third kappa shape index (κ3) is 6.28. The number of hydrogen-bond acceptors (Lipinski definition) is 5. The van der Waals surface area contributed by atoms with E-state index in [1.165, 1.54) is 5.56 Å². The molecule has 3 heterocycles. The number of aromatic nitrogens is 2. The van der Waals surface area contributed by atoms with Gasteiger partial charge in [0, 0.05) is 40.7 Å². The summed E-state index contributed by atoms with van der Waals surface area (Å²) in [5, 5.41) is 4.72. The van der Waals surface area contributed by atoms with Crippen LogP contribution in [0.3, 0.4) is 0 Å². The van der Waals surface area contributed by atoms with Crippen LogP contribution in [0.1, 0.15) is 22.9 Å². The van der Waals surface area contributed by atoms with Crippen LogP contribution < -0.4 is 5.32 Å². The quantitative estimate of drug-likeness (QED) is 0.184. The summed E-state index contributed by atoms with van der Waals surface area (Å²) in [7, 11) is 0. The second-order valence-corrected chi connectivity index (χ2v) is 12.8. The molecule has 1 aliphatic rings. The highest BCUT2D eigenvalue weighted by atomic mass is 15.2. The Labute approximate surface area is 302 Å². The van der Waals surface area contributed by atoms with Crippen molar-refractivity contribution in [2.24, 2.45) is 9.98 Å². The van der Waals surface area contributed by atoms with Crippen molar-refractivity contribution in [2.75, 3.05) is 0 Å². The largest absolute Gasteiger partial charge is 0.344 e. The maximum atomic E-state index is 5.24. The molecular formula is C47H33N5. The molecule has 0 saturated heterocycles. The Kier molecular flexibility index (Phi) is 8.20. The molecule has 9 rings (SSSR count). The van der Waals surface area contributed by atoms with Crippen LogP contribution >= 0.6 is 0 Å². The summed E-state index contributed by atoms with van der Waals surface area (Å²) < 4.78 is 0. The summed E-state index contributed by atoms with van der Waals surface area (Å²) in [6.45, 7) is 0. The van der Waals surface area contributed by atoms with E-state index in [9.17, 15) is 0 Å². The van der Waals surface area contributed by atoms with Gasteiger partial charge < -0.3 is 5.32 Å². The van der Waals surface area contributed by atoms with Crippen LogP contribution in [0.4, 0.5) is 0 Å². The lowest BCUT2D eigenvalue weighted by molar-refractivity contribution is 0.674. The summed E-state index contributed by atoms with van der Waals surface area (Å²) in [6.07, 6.45) is 5.23. The van der Waals surface area contributed by atoms with Crippen LogP contribution in [0.5, 0.6) is 0 Å². The average molecular weight is 668 g/mol. The number of para-hydroxylation sites is 1. The van der Waals surface area contributed by atoms with Crippen LogP contribution in [0.15, 0.2) is 198 Å². The Morgan fingerprint density at radius 3 is 1.79 bits per heavy atom. The summed E-state index contributed by atoms with van der Waals surface area (Å²) in [6, 6.07) is 59.1. The second kappa shape index (κ2) is 13.7. The number of hydrogen-bond donors (Lipinski definition) is 1. The number of nitrogens with one attached hydrogen (secondary N) is 1. The minimum absolute atomic E-state index is 0.317. The molecule has 1 aliphatic heterocycles. The van der Waals surface area contributed by atoms with Gasteiger partial charge in [-0.15, -0.1) is 0 Å². The van der Waals surface area contributed by atoms with Crippen LogP contribution in [0, 0.1) is 0 Å². The monoisotopic (exact) mass is 667 g/mol. The van der Waals surface area contributed by atoms with E-state index in [1.807, 2.05) is 48.8 Å². The van der Waals surface area contributed by atoms with Crippen molar-refractivity contribution >= 4 is 22.6 Å². The summed E-state index contributed by atoms with van der Waals surface area (Å²) in [5.74, 6) is 1.44. The number of aliphatic imine (C=N–C) groups is 2. The Morgan fingerprint density at radius 1 is 0.442 bits per heavy atom. The Hall–Kier alpha value is -6.98. The predicted octanol–water partition coefficient (Wildman–Crippen LogP) is 10.8. The van der Waals surface area contributed by atoms with Gasteiger partial charge in [-0.3, -0.25) is 9.97 Å². The van der Waals surface area contributed by atoms with Gasteiger partial charge in [-0.1, -0.05) is 140 Å². The van der Waals surface area contributed by atoms with Crippen LogP contribution in [0.2, 0.25) is 0 Å². The first kappa shape index (κ1) is 31.0. The van der Waals surface area contributed by atoms with E-state index in [4.69, 9.17) is 15.0 Å². The van der Waals surface area contributed by atoms with Gasteiger partial charge in [0.05, 0.1) is 5.52 Å². The number of amidine groups is 2. The highest BCUT2D eigenvalue weighted by Crippen LogP contribution is 2.34. The topological polar surface area (TPSA) is 62.5 Å². The standard InChI is InChI=1S/C47H33N5/c1-3-10-32(11-4-1)33-22-24-38(25-23-33)46-50-45(37-12-5-2-6-13-37)51-47(52-46)42-29-40(35-20-18-34(19-21-35)39-16-8-26-48-31-39)28-41(30-42)43-17-7-14-36-15-9-27-49-44(36)43/h1-31,45H,(H,50,51,52). The van der Waals surface area contributed by atoms with Gasteiger partial charge in [-0.2, -0.15) is 0 Å². The van der Waals surface area contributed by atoms with Crippen molar-refractivity contribution in [3.63, 3.8) is 0 Å². The average Bonchev–Trinajstić information content (AvgIpc) is 3.24. The van der Waals surface area contributed by atoms with E-state index in [2.05, 4.69) is 144 Å². The van der Waals surface area contributed by atoms with E-state index < -0.39 is 0 Å². The molecule has 246 valence electrons. The van der Waals surface area contributed by atoms with Gasteiger partial charge in [-0.25, -0.2) is 9.98 Å². The van der Waals surface area contributed by atoms with Crippen molar-refractivity contribution in [3.8, 4) is 44.5 Å². The minimum atomic E-state index is -0.317. The zero-order chi connectivity index (χ0) is 34.7. The number of fused-ring (bicyclic) bond motifs is 1. The highest BCUT2D eigenvalue weighted by Gasteiger charge is 2.22. The van der Waals surface area contributed by atoms with Gasteiger partial charge in [0.1, 0.15) is 12.0 Å². The zero-order valence-corrected chi connectivity index (χ0v) is 28.3. The maximum Gasteiger partial charge on any atom is 0.159 e. The fourth-order valence-corrected chi connectivity index (χ4v) is 6.79. The molecule has 1 atom stereocenters. The molecule has 0 saturated carbocycles. The van der Waals surface area contributed by atoms with Gasteiger partial charge in [0.25, 0.3) is 0 Å². The molecule has 0 amide bonds. The summed E-state index contributed by atoms with van der Waals surface area (Å²) in [5.41, 5.74) is 12.8. The van der Waals surface area contributed by atoms with Gasteiger partial charge in [0.2, 0.25) is 0 Å². The summed E-state index contributed by atoms with van der Waals surface area (Å²) >= 11 is 0. The van der Waals surface area contributed by atoms with Crippen molar-refractivity contribution < 1.29 is 0 Å². The van der Waals surface area contributed by atoms with Crippen molar-refractivity contribution in [2.45, 2.75) is 6.17 Å². The SMILES string of the molecule is c1ccc(-c2ccc(C3=NC(c4cc(-c5ccc(-c6cccnc6)cc5)cc(-c5cccc6cccnc56)c4)=NC(c4ccccc4)N3)cc2)cc1. The van der Waals surface area contributed by atoms with Crippen LogP contribution in [0.25, 0.3) is 55.4 Å². The zero-order valence-electron chi connectivity index (χ0n) is 28.3. The Balaban J connectivity index is 1.19. The van der Waals surface area contributed by atoms with Crippen molar-refractivity contribution in [1.29, 1.82) is 0 Å². The molecule has 0 spiro atoms. The van der Waals surface area contributed by atoms with E-state index in [0.717, 1.165) is 72.4 Å². The third-order valence-corrected chi connectivity index (χ3v) is 9.47. The van der Waals surface area contributed by atoms with Crippen LogP contribution in [-0.2, 0) is 0 Å². The Morgan fingerprint density at radius 2 is 1.04 bits per heavy atom. The fraction of sp³-hybridized carbons (Fsp3) is 0.0213. The normalized spacial score (nSPS) is 14.0. The molecule has 0 bridgehead atoms. The molecule has 0 aliphatic carbocycles. The first-order valence-electron chi connectivity index (χ1n) is 17.4. The molecule has 2 aromatic heterocycles. The maximum absolute atomic E-state index is 5.24. The minimum Gasteiger partial charge on any atom is -0.344 e. The predicted molar refractivity (Wildman–Crippen MR) is 213 cm³/mol. The lowest BCUT2D eigenvalue weighted by Gasteiger charge is -2.24. The lowest BCUT2D eigenvalue weighted by Crippen LogP contribution is -2.33. The van der Waals surface area contributed by atoms with Crippen molar-refractivity contribution in [3.05, 3.63) is 205 Å². The van der Waals surface area contributed by atoms with Gasteiger partial charge in [0.15, 0.2) is 5.84 Å². The number of benzene rings is 6. The Bertz CT molecular complexity index is 2560. The highest BCUT2D eigenvalue weighted by molar-refractivity contribution is 6.14. The molecule has 1 unspecified atom stereocenters. The second-order valence-electron chi connectivity index (χ2n) is 12.8. The number of nitrogens with zero attached hydrogens (tertiary/aromatic N) is 4. The fourth-order valence-electron chi connectivity index (χ4n) is 6.79. The molecule has 5 nitrogen and oxygen atoms in total. The molecule has 0 radical (unpaired) electrons. The van der Waals surface area contributed by atoms with E-state index in [0.29, 0.717) is 5.84 Å². The third-order valence-electron chi connectivity index (χ3n) is 9.47.